The summed E-state index contributed by atoms with van der Waals surface area (Å²) in [5.41, 5.74) is 2.63. The van der Waals surface area contributed by atoms with E-state index in [0.717, 1.165) is 38.0 Å². The van der Waals surface area contributed by atoms with Crippen LogP contribution in [0.2, 0.25) is 0 Å². The fraction of sp³-hybridized carbons (Fsp3) is 0.409. The molecule has 0 aromatic heterocycles. The van der Waals surface area contributed by atoms with Gasteiger partial charge in [0.05, 0.1) is 13.7 Å². The maximum atomic E-state index is 11.1. The molecule has 0 atom stereocenters. The number of esters is 1. The van der Waals surface area contributed by atoms with E-state index in [9.17, 15) is 4.79 Å². The van der Waals surface area contributed by atoms with Gasteiger partial charge < -0.3 is 9.47 Å². The summed E-state index contributed by atoms with van der Waals surface area (Å²) in [6.07, 6.45) is 6.77. The number of unbranched alkanes of at least 4 members (excludes halogenated alkanes) is 2. The molecule has 0 aliphatic heterocycles. The SMILES string of the molecule is COC(=O)CCCc1ccc(OCCCCCc2ccccc2)cc1. The average Bonchev–Trinajstić information content (AvgIpc) is 2.66. The minimum atomic E-state index is -0.146. The summed E-state index contributed by atoms with van der Waals surface area (Å²) in [6, 6.07) is 18.8. The summed E-state index contributed by atoms with van der Waals surface area (Å²) in [4.78, 5) is 11.1. The van der Waals surface area contributed by atoms with Crippen LogP contribution in [0, 0.1) is 0 Å². The highest BCUT2D eigenvalue weighted by Gasteiger charge is 2.01. The van der Waals surface area contributed by atoms with Crippen LogP contribution in [-0.2, 0) is 22.4 Å². The molecule has 3 heteroatoms. The summed E-state index contributed by atoms with van der Waals surface area (Å²) in [5, 5.41) is 0. The van der Waals surface area contributed by atoms with Gasteiger partial charge in [0.1, 0.15) is 5.75 Å². The fourth-order valence-electron chi connectivity index (χ4n) is 2.73. The normalized spacial score (nSPS) is 10.4. The van der Waals surface area contributed by atoms with Gasteiger partial charge in [0.15, 0.2) is 0 Å². The zero-order valence-electron chi connectivity index (χ0n) is 15.1. The molecule has 134 valence electrons. The van der Waals surface area contributed by atoms with Crippen LogP contribution in [0.4, 0.5) is 0 Å². The second-order valence-corrected chi connectivity index (χ2v) is 6.22. The second kappa shape index (κ2) is 11.3. The topological polar surface area (TPSA) is 35.5 Å². The molecule has 2 rings (SSSR count). The van der Waals surface area contributed by atoms with Gasteiger partial charge in [-0.2, -0.15) is 0 Å². The molecule has 0 bridgehead atoms. The second-order valence-electron chi connectivity index (χ2n) is 6.22. The number of carbonyl (C=O) groups excluding carboxylic acids is 1. The van der Waals surface area contributed by atoms with Gasteiger partial charge in [0, 0.05) is 6.42 Å². The maximum Gasteiger partial charge on any atom is 0.305 e. The van der Waals surface area contributed by atoms with Crippen LogP contribution in [0.5, 0.6) is 5.75 Å². The Morgan fingerprint density at radius 2 is 1.48 bits per heavy atom. The maximum absolute atomic E-state index is 11.1. The van der Waals surface area contributed by atoms with Gasteiger partial charge in [-0.1, -0.05) is 42.5 Å². The van der Waals surface area contributed by atoms with Crippen LogP contribution >= 0.6 is 0 Å². The van der Waals surface area contributed by atoms with Crippen LogP contribution in [0.15, 0.2) is 54.6 Å². The standard InChI is InChI=1S/C22H28O3/c1-24-22(23)13-8-12-20-14-16-21(17-15-20)25-18-7-3-6-11-19-9-4-2-5-10-19/h2,4-5,9-10,14-17H,3,6-8,11-13,18H2,1H3. The highest BCUT2D eigenvalue weighted by molar-refractivity contribution is 5.69. The highest BCUT2D eigenvalue weighted by atomic mass is 16.5. The van der Waals surface area contributed by atoms with Crippen molar-refractivity contribution in [1.82, 2.24) is 0 Å². The van der Waals surface area contributed by atoms with Crippen molar-refractivity contribution in [3.8, 4) is 5.75 Å². The van der Waals surface area contributed by atoms with Gasteiger partial charge in [-0.15, -0.1) is 0 Å². The van der Waals surface area contributed by atoms with Gasteiger partial charge >= 0.3 is 5.97 Å². The van der Waals surface area contributed by atoms with Crippen molar-refractivity contribution in [2.24, 2.45) is 0 Å². The highest BCUT2D eigenvalue weighted by Crippen LogP contribution is 2.15. The Morgan fingerprint density at radius 1 is 0.800 bits per heavy atom. The quantitative estimate of drug-likeness (QED) is 0.428. The van der Waals surface area contributed by atoms with Crippen molar-refractivity contribution in [3.05, 3.63) is 65.7 Å². The third-order valence-electron chi connectivity index (χ3n) is 4.22. The van der Waals surface area contributed by atoms with Gasteiger partial charge in [0.2, 0.25) is 0 Å². The van der Waals surface area contributed by atoms with Crippen molar-refractivity contribution in [1.29, 1.82) is 0 Å². The lowest BCUT2D eigenvalue weighted by Crippen LogP contribution is -2.00. The molecular weight excluding hydrogens is 312 g/mol. The van der Waals surface area contributed by atoms with Crippen LogP contribution in [-0.4, -0.2) is 19.7 Å². The molecule has 0 saturated carbocycles. The molecule has 0 N–H and O–H groups in total. The number of methoxy groups -OCH3 is 1. The molecule has 0 fully saturated rings. The van der Waals surface area contributed by atoms with E-state index in [2.05, 4.69) is 47.2 Å². The molecule has 0 aliphatic carbocycles. The molecule has 0 amide bonds. The van der Waals surface area contributed by atoms with E-state index >= 15 is 0 Å². The average molecular weight is 340 g/mol. The monoisotopic (exact) mass is 340 g/mol. The fourth-order valence-corrected chi connectivity index (χ4v) is 2.73. The predicted octanol–water partition coefficient (Wildman–Crippen LogP) is 4.97. The molecule has 0 aliphatic rings. The zero-order chi connectivity index (χ0) is 17.7. The summed E-state index contributed by atoms with van der Waals surface area (Å²) in [5.74, 6) is 0.770. The third kappa shape index (κ3) is 7.88. The summed E-state index contributed by atoms with van der Waals surface area (Å²) >= 11 is 0. The molecule has 2 aromatic rings. The number of aryl methyl sites for hydroxylation is 2. The van der Waals surface area contributed by atoms with Crippen molar-refractivity contribution in [2.75, 3.05) is 13.7 Å². The first-order chi connectivity index (χ1) is 12.3. The Hall–Kier alpha value is -2.29. The van der Waals surface area contributed by atoms with E-state index in [1.165, 1.54) is 31.1 Å². The first kappa shape index (κ1) is 19.0. The minimum Gasteiger partial charge on any atom is -0.494 e. The lowest BCUT2D eigenvalue weighted by molar-refractivity contribution is -0.140. The van der Waals surface area contributed by atoms with E-state index in [1.54, 1.807) is 0 Å². The molecule has 0 spiro atoms. The molecular formula is C22H28O3. The van der Waals surface area contributed by atoms with Crippen molar-refractivity contribution in [3.63, 3.8) is 0 Å². The summed E-state index contributed by atoms with van der Waals surface area (Å²) < 4.78 is 10.4. The largest absolute Gasteiger partial charge is 0.494 e. The van der Waals surface area contributed by atoms with Crippen molar-refractivity contribution < 1.29 is 14.3 Å². The van der Waals surface area contributed by atoms with Gasteiger partial charge in [-0.3, -0.25) is 4.79 Å². The Balaban J connectivity index is 1.56. The number of ether oxygens (including phenoxy) is 2. The Kier molecular flexibility index (Phi) is 8.60. The van der Waals surface area contributed by atoms with E-state index in [0.29, 0.717) is 6.42 Å². The van der Waals surface area contributed by atoms with Gasteiger partial charge in [0.25, 0.3) is 0 Å². The minimum absolute atomic E-state index is 0.146. The Labute approximate surface area is 151 Å². The molecule has 2 aromatic carbocycles. The zero-order valence-corrected chi connectivity index (χ0v) is 15.1. The lowest BCUT2D eigenvalue weighted by Gasteiger charge is -2.07. The third-order valence-corrected chi connectivity index (χ3v) is 4.22. The Bertz CT molecular complexity index is 605. The molecule has 25 heavy (non-hydrogen) atoms. The van der Waals surface area contributed by atoms with Crippen LogP contribution in [0.25, 0.3) is 0 Å². The smallest absolute Gasteiger partial charge is 0.305 e. The van der Waals surface area contributed by atoms with E-state index in [1.807, 2.05) is 12.1 Å². The number of carbonyl (C=O) groups is 1. The molecule has 0 unspecified atom stereocenters. The van der Waals surface area contributed by atoms with Crippen molar-refractivity contribution in [2.45, 2.75) is 44.9 Å². The van der Waals surface area contributed by atoms with E-state index in [-0.39, 0.29) is 5.97 Å². The van der Waals surface area contributed by atoms with E-state index in [4.69, 9.17) is 4.74 Å². The number of rotatable bonds is 11. The first-order valence-electron chi connectivity index (χ1n) is 9.10. The Morgan fingerprint density at radius 3 is 2.20 bits per heavy atom. The summed E-state index contributed by atoms with van der Waals surface area (Å²) in [6.45, 7) is 0.760. The van der Waals surface area contributed by atoms with Gasteiger partial charge in [-0.05, 0) is 61.8 Å². The van der Waals surface area contributed by atoms with Crippen LogP contribution in [0.3, 0.4) is 0 Å². The molecule has 0 saturated heterocycles. The molecule has 3 nitrogen and oxygen atoms in total. The number of hydrogen-bond donors (Lipinski definition) is 0. The van der Waals surface area contributed by atoms with Crippen LogP contribution in [0.1, 0.15) is 43.2 Å². The predicted molar refractivity (Wildman–Crippen MR) is 101 cm³/mol. The van der Waals surface area contributed by atoms with Crippen molar-refractivity contribution >= 4 is 5.97 Å². The van der Waals surface area contributed by atoms with Gasteiger partial charge in [-0.25, -0.2) is 0 Å². The number of hydrogen-bond acceptors (Lipinski definition) is 3. The number of benzene rings is 2. The molecule has 0 heterocycles. The van der Waals surface area contributed by atoms with Crippen LogP contribution < -0.4 is 4.74 Å². The lowest BCUT2D eigenvalue weighted by atomic mass is 10.1. The first-order valence-corrected chi connectivity index (χ1v) is 9.10. The summed E-state index contributed by atoms with van der Waals surface area (Å²) in [7, 11) is 1.43. The molecule has 0 radical (unpaired) electrons. The van der Waals surface area contributed by atoms with E-state index < -0.39 is 0 Å².